The van der Waals surface area contributed by atoms with E-state index < -0.39 is 27.1 Å². The summed E-state index contributed by atoms with van der Waals surface area (Å²) in [6.07, 6.45) is 0.446. The SMILES string of the molecule is CC(=O)O.O=C1CC(c2ccc(CC(Nc3nc4cc(F)ccc4s3)c3nc4ccccc4[nH]3)cc2)S(=O)(=O)N1. The fourth-order valence-corrected chi connectivity index (χ4v) is 6.74. The lowest BCUT2D eigenvalue weighted by molar-refractivity contribution is -0.134. The molecule has 5 aromatic rings. The Balaban J connectivity index is 0.000000758. The molecular formula is C27H24FN5O5S2. The predicted molar refractivity (Wildman–Crippen MR) is 150 cm³/mol. The van der Waals surface area contributed by atoms with Gasteiger partial charge in [0.25, 0.3) is 5.97 Å². The van der Waals surface area contributed by atoms with E-state index in [-0.39, 0.29) is 18.3 Å². The van der Waals surface area contributed by atoms with Gasteiger partial charge in [-0.1, -0.05) is 47.7 Å². The number of aliphatic carboxylic acids is 1. The fraction of sp³-hybridized carbons (Fsp3) is 0.185. The monoisotopic (exact) mass is 581 g/mol. The normalized spacial score (nSPS) is 16.8. The molecule has 0 aliphatic carbocycles. The molecule has 4 N–H and O–H groups in total. The number of carbonyl (C=O) groups is 2. The summed E-state index contributed by atoms with van der Waals surface area (Å²) in [5.74, 6) is -0.942. The third kappa shape index (κ3) is 6.10. The molecule has 206 valence electrons. The van der Waals surface area contributed by atoms with Crippen LogP contribution in [-0.4, -0.2) is 40.4 Å². The van der Waals surface area contributed by atoms with Crippen LogP contribution in [-0.2, 0) is 26.0 Å². The number of para-hydroxylation sites is 2. The summed E-state index contributed by atoms with van der Waals surface area (Å²) in [5.41, 5.74) is 3.84. The highest BCUT2D eigenvalue weighted by atomic mass is 32.2. The molecule has 6 rings (SSSR count). The van der Waals surface area contributed by atoms with Crippen LogP contribution >= 0.6 is 11.3 Å². The number of rotatable bonds is 6. The number of halogens is 1. The average Bonchev–Trinajstić information content (AvgIpc) is 3.57. The van der Waals surface area contributed by atoms with E-state index in [9.17, 15) is 17.6 Å². The summed E-state index contributed by atoms with van der Waals surface area (Å²) < 4.78 is 41.0. The molecule has 1 saturated heterocycles. The maximum atomic E-state index is 13.7. The van der Waals surface area contributed by atoms with E-state index in [1.807, 2.05) is 41.1 Å². The number of thiazole rings is 1. The van der Waals surface area contributed by atoms with E-state index in [1.54, 1.807) is 18.2 Å². The van der Waals surface area contributed by atoms with Crippen molar-refractivity contribution in [2.75, 3.05) is 5.32 Å². The van der Waals surface area contributed by atoms with Crippen LogP contribution < -0.4 is 10.0 Å². The van der Waals surface area contributed by atoms with Crippen molar-refractivity contribution in [3.8, 4) is 0 Å². The van der Waals surface area contributed by atoms with Gasteiger partial charge in [-0.15, -0.1) is 0 Å². The van der Waals surface area contributed by atoms with E-state index in [0.717, 1.165) is 34.0 Å². The summed E-state index contributed by atoms with van der Waals surface area (Å²) in [6, 6.07) is 19.2. The number of sulfonamides is 1. The number of carboxylic acids is 1. The summed E-state index contributed by atoms with van der Waals surface area (Å²) in [5, 5.41) is 10.6. The third-order valence-electron chi connectivity index (χ3n) is 6.18. The lowest BCUT2D eigenvalue weighted by Crippen LogP contribution is -2.21. The number of carboxylic acid groups (broad SMARTS) is 1. The van der Waals surface area contributed by atoms with Crippen molar-refractivity contribution < 1.29 is 27.5 Å². The van der Waals surface area contributed by atoms with Crippen LogP contribution in [0.1, 0.15) is 41.6 Å². The van der Waals surface area contributed by atoms with Gasteiger partial charge in [0, 0.05) is 13.0 Å². The molecule has 1 aliphatic heterocycles. The van der Waals surface area contributed by atoms with Crippen molar-refractivity contribution >= 4 is 59.6 Å². The summed E-state index contributed by atoms with van der Waals surface area (Å²) in [7, 11) is -3.70. The number of aromatic amines is 1. The van der Waals surface area contributed by atoms with Gasteiger partial charge in [0.2, 0.25) is 15.9 Å². The molecule has 1 fully saturated rings. The van der Waals surface area contributed by atoms with Crippen LogP contribution in [0, 0.1) is 5.82 Å². The van der Waals surface area contributed by atoms with Crippen molar-refractivity contribution in [3.63, 3.8) is 0 Å². The van der Waals surface area contributed by atoms with Gasteiger partial charge in [-0.2, -0.15) is 0 Å². The Kier molecular flexibility index (Phi) is 7.50. The quantitative estimate of drug-likeness (QED) is 0.225. The molecule has 2 aromatic heterocycles. The number of fused-ring (bicyclic) bond motifs is 2. The number of anilines is 1. The van der Waals surface area contributed by atoms with Crippen molar-refractivity contribution in [1.29, 1.82) is 0 Å². The minimum absolute atomic E-state index is 0.0803. The molecule has 2 unspecified atom stereocenters. The second-order valence-electron chi connectivity index (χ2n) is 9.19. The van der Waals surface area contributed by atoms with E-state index in [1.165, 1.54) is 23.5 Å². The van der Waals surface area contributed by atoms with Crippen molar-refractivity contribution in [1.82, 2.24) is 19.7 Å². The minimum Gasteiger partial charge on any atom is -0.481 e. The Hall–Kier alpha value is -4.36. The highest BCUT2D eigenvalue weighted by molar-refractivity contribution is 7.90. The molecule has 13 heteroatoms. The van der Waals surface area contributed by atoms with E-state index in [2.05, 4.69) is 15.3 Å². The zero-order valence-electron chi connectivity index (χ0n) is 21.1. The van der Waals surface area contributed by atoms with Crippen LogP contribution in [0.3, 0.4) is 0 Å². The molecule has 0 saturated carbocycles. The molecule has 2 atom stereocenters. The topological polar surface area (TPSA) is 154 Å². The highest BCUT2D eigenvalue weighted by Crippen LogP contribution is 2.33. The largest absolute Gasteiger partial charge is 0.481 e. The highest BCUT2D eigenvalue weighted by Gasteiger charge is 2.37. The molecule has 10 nitrogen and oxygen atoms in total. The molecular weight excluding hydrogens is 557 g/mol. The smallest absolute Gasteiger partial charge is 0.300 e. The van der Waals surface area contributed by atoms with Gasteiger partial charge in [-0.3, -0.25) is 14.3 Å². The Morgan fingerprint density at radius 1 is 1.12 bits per heavy atom. The number of imidazole rings is 1. The number of nitrogens with one attached hydrogen (secondary N) is 3. The number of hydrogen-bond acceptors (Lipinski definition) is 8. The lowest BCUT2D eigenvalue weighted by atomic mass is 10.0. The third-order valence-corrected chi connectivity index (χ3v) is 8.85. The zero-order chi connectivity index (χ0) is 28.4. The van der Waals surface area contributed by atoms with Crippen LogP contribution in [0.15, 0.2) is 66.7 Å². The number of nitrogens with zero attached hydrogens (tertiary/aromatic N) is 2. The maximum Gasteiger partial charge on any atom is 0.300 e. The molecule has 1 aliphatic rings. The predicted octanol–water partition coefficient (Wildman–Crippen LogP) is 4.69. The molecule has 3 aromatic carbocycles. The van der Waals surface area contributed by atoms with Crippen molar-refractivity contribution in [2.45, 2.75) is 31.1 Å². The van der Waals surface area contributed by atoms with E-state index >= 15 is 0 Å². The average molecular weight is 582 g/mol. The van der Waals surface area contributed by atoms with Crippen molar-refractivity contribution in [2.24, 2.45) is 0 Å². The minimum atomic E-state index is -3.70. The maximum absolute atomic E-state index is 13.7. The van der Waals surface area contributed by atoms with Gasteiger partial charge >= 0.3 is 0 Å². The van der Waals surface area contributed by atoms with Crippen LogP contribution in [0.4, 0.5) is 9.52 Å². The van der Waals surface area contributed by atoms with Gasteiger partial charge in [-0.05, 0) is 41.8 Å². The number of hydrogen-bond donors (Lipinski definition) is 4. The molecule has 1 amide bonds. The first-order valence-electron chi connectivity index (χ1n) is 12.2. The molecule has 3 heterocycles. The van der Waals surface area contributed by atoms with Crippen LogP contribution in [0.5, 0.6) is 0 Å². The van der Waals surface area contributed by atoms with Crippen molar-refractivity contribution in [3.05, 3.63) is 89.5 Å². The second kappa shape index (κ2) is 11.0. The fourth-order valence-electron chi connectivity index (χ4n) is 4.42. The molecule has 0 spiro atoms. The zero-order valence-corrected chi connectivity index (χ0v) is 22.7. The van der Waals surface area contributed by atoms with Gasteiger partial charge in [0.1, 0.15) is 16.9 Å². The van der Waals surface area contributed by atoms with E-state index in [0.29, 0.717) is 22.6 Å². The summed E-state index contributed by atoms with van der Waals surface area (Å²) in [6.45, 7) is 1.08. The van der Waals surface area contributed by atoms with Gasteiger partial charge in [-0.25, -0.2) is 22.8 Å². The number of amides is 1. The lowest BCUT2D eigenvalue weighted by Gasteiger charge is -2.17. The summed E-state index contributed by atoms with van der Waals surface area (Å²) >= 11 is 1.43. The standard InChI is InChI=1S/C25H20FN5O3S2.C2H4O2/c26-16-9-10-21-19(12-16)29-25(35-21)30-20(24-27-17-3-1-2-4-18(17)28-24)11-14-5-7-15(8-6-14)22-13-23(32)31-36(22,33)34;1-2(3)4/h1-10,12,20,22H,11,13H2,(H,27,28)(H,29,30)(H,31,32);1H3,(H,3,4). The Morgan fingerprint density at radius 2 is 1.85 bits per heavy atom. The molecule has 0 radical (unpaired) electrons. The first-order valence-corrected chi connectivity index (χ1v) is 14.5. The molecule has 40 heavy (non-hydrogen) atoms. The van der Waals surface area contributed by atoms with Crippen LogP contribution in [0.2, 0.25) is 0 Å². The van der Waals surface area contributed by atoms with Gasteiger partial charge in [0.05, 0.1) is 33.7 Å². The Labute approximate surface area is 232 Å². The first kappa shape index (κ1) is 27.2. The molecule has 0 bridgehead atoms. The second-order valence-corrected chi connectivity index (χ2v) is 12.1. The Morgan fingerprint density at radius 3 is 2.52 bits per heavy atom. The number of carbonyl (C=O) groups excluding carboxylic acids is 1. The number of aromatic nitrogens is 3. The van der Waals surface area contributed by atoms with Crippen LogP contribution in [0.25, 0.3) is 21.3 Å². The number of H-pyrrole nitrogens is 1. The summed E-state index contributed by atoms with van der Waals surface area (Å²) in [4.78, 5) is 33.3. The first-order chi connectivity index (χ1) is 19.1. The Bertz CT molecular complexity index is 1780. The van der Waals surface area contributed by atoms with Gasteiger partial charge in [0.15, 0.2) is 5.13 Å². The van der Waals surface area contributed by atoms with Gasteiger partial charge < -0.3 is 15.4 Å². The van der Waals surface area contributed by atoms with E-state index in [4.69, 9.17) is 14.9 Å². The number of benzene rings is 3.